The van der Waals surface area contributed by atoms with Crippen LogP contribution in [0.15, 0.2) is 6.58 Å². The van der Waals surface area contributed by atoms with E-state index in [1.54, 1.807) is 29.6 Å². The molecule has 0 aromatic carbocycles. The van der Waals surface area contributed by atoms with Gasteiger partial charge in [-0.2, -0.15) is 0 Å². The number of imidazole rings is 1. The van der Waals surface area contributed by atoms with E-state index in [0.717, 1.165) is 0 Å². The number of fused-ring (bicyclic) bond motifs is 1. The molecule has 0 saturated heterocycles. The maximum Gasteiger partial charge on any atom is 0.189 e. The van der Waals surface area contributed by atoms with Gasteiger partial charge in [0.2, 0.25) is 0 Å². The smallest absolute Gasteiger partial charge is 0.189 e. The first kappa shape index (κ1) is 11.1. The molecule has 88 valence electrons. The lowest BCUT2D eigenvalue weighted by Crippen LogP contribution is -2.51. The number of nitrogens with zero attached hydrogens (tertiary/aromatic N) is 4. The fraction of sp³-hybridized carbons (Fsp3) is 0.500. The van der Waals surface area contributed by atoms with Gasteiger partial charge in [0.05, 0.1) is 0 Å². The Morgan fingerprint density at radius 2 is 1.94 bits per heavy atom. The third kappa shape index (κ3) is 1.27. The van der Waals surface area contributed by atoms with E-state index >= 15 is 0 Å². The zero-order valence-corrected chi connectivity index (χ0v) is 9.62. The second-order valence-corrected chi connectivity index (χ2v) is 3.94. The van der Waals surface area contributed by atoms with E-state index in [-0.39, 0.29) is 0 Å². The van der Waals surface area contributed by atoms with Crippen LogP contribution < -0.4 is 4.90 Å². The molecule has 2 atom stereocenters. The minimum Gasteiger partial charge on any atom is -0.372 e. The predicted octanol–water partition coefficient (Wildman–Crippen LogP) is -0.289. The SMILES string of the molecule is C=Cc1nc2c(n1C)N(C)C(O)N(C)C2O. The number of aliphatic hydroxyl groups excluding tert-OH is 2. The normalized spacial score (nSPS) is 25.7. The van der Waals surface area contributed by atoms with Crippen LogP contribution in [-0.4, -0.2) is 45.1 Å². The molecule has 6 nitrogen and oxygen atoms in total. The molecule has 0 amide bonds. The Morgan fingerprint density at radius 1 is 1.31 bits per heavy atom. The van der Waals surface area contributed by atoms with E-state index in [0.29, 0.717) is 17.3 Å². The first-order valence-electron chi connectivity index (χ1n) is 4.99. The van der Waals surface area contributed by atoms with Gasteiger partial charge in [-0.1, -0.05) is 6.58 Å². The van der Waals surface area contributed by atoms with Gasteiger partial charge >= 0.3 is 0 Å². The molecule has 0 bridgehead atoms. The molecule has 2 N–H and O–H groups in total. The van der Waals surface area contributed by atoms with Crippen molar-refractivity contribution in [1.29, 1.82) is 0 Å². The topological polar surface area (TPSA) is 64.8 Å². The molecule has 0 aliphatic carbocycles. The van der Waals surface area contributed by atoms with Crippen LogP contribution in [0, 0.1) is 0 Å². The average Bonchev–Trinajstić information content (AvgIpc) is 2.61. The first-order valence-corrected chi connectivity index (χ1v) is 4.99. The van der Waals surface area contributed by atoms with Crippen LogP contribution in [0.1, 0.15) is 17.7 Å². The lowest BCUT2D eigenvalue weighted by atomic mass is 10.3. The van der Waals surface area contributed by atoms with Crippen LogP contribution in [0.3, 0.4) is 0 Å². The van der Waals surface area contributed by atoms with E-state index < -0.39 is 12.6 Å². The lowest BCUT2D eigenvalue weighted by molar-refractivity contribution is -0.0967. The summed E-state index contributed by atoms with van der Waals surface area (Å²) in [6.45, 7) is 3.66. The van der Waals surface area contributed by atoms with Gasteiger partial charge in [0.25, 0.3) is 0 Å². The highest BCUT2D eigenvalue weighted by Gasteiger charge is 2.36. The summed E-state index contributed by atoms with van der Waals surface area (Å²) in [6, 6.07) is 0. The summed E-state index contributed by atoms with van der Waals surface area (Å²) >= 11 is 0. The van der Waals surface area contributed by atoms with Crippen molar-refractivity contribution in [3.63, 3.8) is 0 Å². The summed E-state index contributed by atoms with van der Waals surface area (Å²) in [7, 11) is 5.21. The van der Waals surface area contributed by atoms with Crippen molar-refractivity contribution in [2.24, 2.45) is 7.05 Å². The maximum atomic E-state index is 9.98. The first-order chi connectivity index (χ1) is 7.49. The molecular weight excluding hydrogens is 208 g/mol. The second-order valence-electron chi connectivity index (χ2n) is 3.94. The molecule has 0 radical (unpaired) electrons. The van der Waals surface area contributed by atoms with Crippen LogP contribution in [0.2, 0.25) is 0 Å². The largest absolute Gasteiger partial charge is 0.372 e. The highest BCUT2D eigenvalue weighted by atomic mass is 16.3. The Kier molecular flexibility index (Phi) is 2.49. The van der Waals surface area contributed by atoms with Crippen LogP contribution in [0.25, 0.3) is 6.08 Å². The second kappa shape index (κ2) is 3.58. The Labute approximate surface area is 94.0 Å². The monoisotopic (exact) mass is 224 g/mol. The molecule has 2 unspecified atom stereocenters. The fourth-order valence-corrected chi connectivity index (χ4v) is 2.00. The van der Waals surface area contributed by atoms with Crippen LogP contribution in [0.5, 0.6) is 0 Å². The highest BCUT2D eigenvalue weighted by Crippen LogP contribution is 2.34. The molecule has 1 aliphatic heterocycles. The Balaban J connectivity index is 2.61. The quantitative estimate of drug-likeness (QED) is 0.686. The summed E-state index contributed by atoms with van der Waals surface area (Å²) in [6.07, 6.45) is -0.151. The molecule has 2 rings (SSSR count). The lowest BCUT2D eigenvalue weighted by Gasteiger charge is -2.39. The number of aliphatic hydroxyl groups is 2. The van der Waals surface area contributed by atoms with E-state index in [2.05, 4.69) is 11.6 Å². The van der Waals surface area contributed by atoms with Gasteiger partial charge in [-0.05, 0) is 13.1 Å². The molecule has 6 heteroatoms. The summed E-state index contributed by atoms with van der Waals surface area (Å²) in [5.74, 6) is 1.37. The Bertz CT molecular complexity index is 429. The molecule has 1 aliphatic rings. The van der Waals surface area contributed by atoms with Crippen molar-refractivity contribution in [2.75, 3.05) is 19.0 Å². The third-order valence-electron chi connectivity index (χ3n) is 2.98. The molecular formula is C10H16N4O2. The summed E-state index contributed by atoms with van der Waals surface area (Å²) < 4.78 is 1.79. The molecule has 0 fully saturated rings. The predicted molar refractivity (Wildman–Crippen MR) is 60.4 cm³/mol. The number of rotatable bonds is 1. The van der Waals surface area contributed by atoms with Crippen LogP contribution in [-0.2, 0) is 7.05 Å². The summed E-state index contributed by atoms with van der Waals surface area (Å²) in [4.78, 5) is 7.37. The van der Waals surface area contributed by atoms with Gasteiger partial charge < -0.3 is 19.7 Å². The number of aromatic nitrogens is 2. The fourth-order valence-electron chi connectivity index (χ4n) is 2.00. The van der Waals surface area contributed by atoms with Gasteiger partial charge in [0, 0.05) is 14.1 Å². The zero-order chi connectivity index (χ0) is 12.0. The molecule has 0 saturated carbocycles. The van der Waals surface area contributed by atoms with Crippen molar-refractivity contribution in [1.82, 2.24) is 14.5 Å². The van der Waals surface area contributed by atoms with Crippen LogP contribution >= 0.6 is 0 Å². The van der Waals surface area contributed by atoms with Gasteiger partial charge in [-0.15, -0.1) is 0 Å². The van der Waals surface area contributed by atoms with Gasteiger partial charge in [0.1, 0.15) is 17.3 Å². The van der Waals surface area contributed by atoms with Gasteiger partial charge in [0.15, 0.2) is 12.6 Å². The molecule has 2 heterocycles. The molecule has 16 heavy (non-hydrogen) atoms. The molecule has 1 aromatic heterocycles. The minimum atomic E-state index is -0.902. The standard InChI is InChI=1S/C10H16N4O2/c1-5-6-11-7-8(12(6)2)13(3)10(16)14(4)9(7)15/h5,9-10,15-16H,1H2,2-4H3. The molecule has 0 spiro atoms. The number of hydrogen-bond donors (Lipinski definition) is 2. The average molecular weight is 224 g/mol. The Morgan fingerprint density at radius 3 is 2.50 bits per heavy atom. The van der Waals surface area contributed by atoms with E-state index in [1.807, 2.05) is 7.05 Å². The number of hydrogen-bond acceptors (Lipinski definition) is 5. The summed E-state index contributed by atoms with van der Waals surface area (Å²) in [5, 5.41) is 19.9. The highest BCUT2D eigenvalue weighted by molar-refractivity contribution is 5.54. The van der Waals surface area contributed by atoms with Crippen molar-refractivity contribution in [3.8, 4) is 0 Å². The van der Waals surface area contributed by atoms with E-state index in [4.69, 9.17) is 0 Å². The summed E-state index contributed by atoms with van der Waals surface area (Å²) in [5.41, 5.74) is 0.535. The zero-order valence-electron chi connectivity index (χ0n) is 9.62. The van der Waals surface area contributed by atoms with Crippen molar-refractivity contribution < 1.29 is 10.2 Å². The number of anilines is 1. The van der Waals surface area contributed by atoms with Gasteiger partial charge in [-0.25, -0.2) is 9.88 Å². The third-order valence-corrected chi connectivity index (χ3v) is 2.98. The van der Waals surface area contributed by atoms with E-state index in [1.165, 1.54) is 4.90 Å². The van der Waals surface area contributed by atoms with Crippen molar-refractivity contribution in [2.45, 2.75) is 12.6 Å². The van der Waals surface area contributed by atoms with Crippen molar-refractivity contribution in [3.05, 3.63) is 18.1 Å². The Hall–Kier alpha value is -1.37. The van der Waals surface area contributed by atoms with Gasteiger partial charge in [-0.3, -0.25) is 0 Å². The van der Waals surface area contributed by atoms with Crippen molar-refractivity contribution >= 4 is 11.9 Å². The van der Waals surface area contributed by atoms with Crippen LogP contribution in [0.4, 0.5) is 5.82 Å². The minimum absolute atomic E-state index is 0.535. The maximum absolute atomic E-state index is 9.98. The molecule has 1 aromatic rings. The van der Waals surface area contributed by atoms with E-state index in [9.17, 15) is 10.2 Å².